The Hall–Kier alpha value is -2.16. The highest BCUT2D eigenvalue weighted by Crippen LogP contribution is 2.31. The number of nitrogens with one attached hydrogen (secondary N) is 1. The molecular formula is C19H22F3N3O2S. The molecule has 0 aliphatic heterocycles. The molecule has 0 spiro atoms. The summed E-state index contributed by atoms with van der Waals surface area (Å²) in [6.45, 7) is 0. The predicted octanol–water partition coefficient (Wildman–Crippen LogP) is 4.27. The van der Waals surface area contributed by atoms with Crippen LogP contribution in [0, 0.1) is 0 Å². The number of rotatable bonds is 5. The van der Waals surface area contributed by atoms with E-state index in [0.29, 0.717) is 11.4 Å². The Morgan fingerprint density at radius 2 is 2.00 bits per heavy atom. The first-order valence-electron chi connectivity index (χ1n) is 9.12. The number of anilines is 1. The molecular weight excluding hydrogens is 391 g/mol. The summed E-state index contributed by atoms with van der Waals surface area (Å²) in [5.41, 5.74) is -0.614. The molecule has 9 heteroatoms. The SMILES string of the molecule is Cn1cc(C(=O)Nc2cccc(CS(=O)C3CCCCC3)c2)c(C(F)(F)F)n1. The van der Waals surface area contributed by atoms with Crippen LogP contribution in [0.1, 0.15) is 53.7 Å². The van der Waals surface area contributed by atoms with Crippen molar-refractivity contribution in [2.45, 2.75) is 49.3 Å². The second-order valence-corrected chi connectivity index (χ2v) is 8.72. The van der Waals surface area contributed by atoms with Crippen LogP contribution < -0.4 is 5.32 Å². The van der Waals surface area contributed by atoms with Crippen LogP contribution in [0.15, 0.2) is 30.5 Å². The first-order chi connectivity index (χ1) is 13.2. The van der Waals surface area contributed by atoms with Gasteiger partial charge >= 0.3 is 6.18 Å². The van der Waals surface area contributed by atoms with E-state index in [2.05, 4.69) is 10.4 Å². The largest absolute Gasteiger partial charge is 0.435 e. The topological polar surface area (TPSA) is 64.0 Å². The third-order valence-corrected chi connectivity index (χ3v) is 6.59. The van der Waals surface area contributed by atoms with Crippen molar-refractivity contribution < 1.29 is 22.2 Å². The Morgan fingerprint density at radius 1 is 1.29 bits per heavy atom. The Balaban J connectivity index is 1.71. The fourth-order valence-corrected chi connectivity index (χ4v) is 5.01. The molecule has 28 heavy (non-hydrogen) atoms. The maximum Gasteiger partial charge on any atom is 0.435 e. The van der Waals surface area contributed by atoms with E-state index in [9.17, 15) is 22.2 Å². The molecule has 0 saturated heterocycles. The van der Waals surface area contributed by atoms with Gasteiger partial charge in [0, 0.05) is 40.7 Å². The van der Waals surface area contributed by atoms with Crippen LogP contribution in [0.5, 0.6) is 0 Å². The second kappa shape index (κ2) is 8.46. The van der Waals surface area contributed by atoms with Crippen LogP contribution in [0.2, 0.25) is 0 Å². The third kappa shape index (κ3) is 5.01. The summed E-state index contributed by atoms with van der Waals surface area (Å²) in [5.74, 6) is -0.513. The van der Waals surface area contributed by atoms with E-state index in [4.69, 9.17) is 0 Å². The Bertz CT molecular complexity index is 874. The fourth-order valence-electron chi connectivity index (χ4n) is 3.41. The van der Waals surface area contributed by atoms with Gasteiger partial charge in [0.1, 0.15) is 0 Å². The maximum absolute atomic E-state index is 13.1. The number of nitrogens with zero attached hydrogens (tertiary/aromatic N) is 2. The molecule has 5 nitrogen and oxygen atoms in total. The first kappa shape index (κ1) is 20.6. The zero-order valence-corrected chi connectivity index (χ0v) is 16.3. The van der Waals surface area contributed by atoms with Gasteiger partial charge in [0.15, 0.2) is 5.69 Å². The normalized spacial score (nSPS) is 16.7. The third-order valence-electron chi connectivity index (χ3n) is 4.76. The summed E-state index contributed by atoms with van der Waals surface area (Å²) in [6, 6.07) is 6.75. The highest BCUT2D eigenvalue weighted by atomic mass is 32.2. The number of halogens is 3. The number of aromatic nitrogens is 2. The molecule has 1 fully saturated rings. The number of carbonyl (C=O) groups excluding carboxylic acids is 1. The minimum Gasteiger partial charge on any atom is -0.322 e. The molecule has 1 amide bonds. The van der Waals surface area contributed by atoms with E-state index < -0.39 is 34.1 Å². The Morgan fingerprint density at radius 3 is 2.68 bits per heavy atom. The molecule has 1 N–H and O–H groups in total. The van der Waals surface area contributed by atoms with Gasteiger partial charge in [-0.1, -0.05) is 31.4 Å². The zero-order chi connectivity index (χ0) is 20.3. The van der Waals surface area contributed by atoms with Gasteiger partial charge in [0.2, 0.25) is 0 Å². The summed E-state index contributed by atoms with van der Waals surface area (Å²) in [6.07, 6.45) is 1.63. The molecule has 1 atom stereocenters. The zero-order valence-electron chi connectivity index (χ0n) is 15.5. The van der Waals surface area contributed by atoms with Crippen molar-refractivity contribution in [3.63, 3.8) is 0 Å². The van der Waals surface area contributed by atoms with Gasteiger partial charge in [-0.25, -0.2) is 0 Å². The van der Waals surface area contributed by atoms with Gasteiger partial charge in [-0.15, -0.1) is 0 Å². The summed E-state index contributed by atoms with van der Waals surface area (Å²) >= 11 is 0. The molecule has 1 unspecified atom stereocenters. The summed E-state index contributed by atoms with van der Waals surface area (Å²) in [5, 5.41) is 6.02. The lowest BCUT2D eigenvalue weighted by Crippen LogP contribution is -2.20. The smallest absolute Gasteiger partial charge is 0.322 e. The van der Waals surface area contributed by atoms with Crippen molar-refractivity contribution in [1.82, 2.24) is 9.78 Å². The first-order valence-corrected chi connectivity index (χ1v) is 10.5. The summed E-state index contributed by atoms with van der Waals surface area (Å²) in [7, 11) is 0.325. The number of carbonyl (C=O) groups is 1. The number of alkyl halides is 3. The van der Waals surface area contributed by atoms with Crippen molar-refractivity contribution >= 4 is 22.4 Å². The molecule has 2 aromatic rings. The van der Waals surface area contributed by atoms with Crippen LogP contribution in [-0.4, -0.2) is 25.1 Å². The number of amides is 1. The maximum atomic E-state index is 13.1. The van der Waals surface area contributed by atoms with Gasteiger partial charge < -0.3 is 5.32 Å². The van der Waals surface area contributed by atoms with Gasteiger partial charge in [-0.3, -0.25) is 13.7 Å². The van der Waals surface area contributed by atoms with Crippen molar-refractivity contribution in [3.05, 3.63) is 47.3 Å². The van der Waals surface area contributed by atoms with Gasteiger partial charge in [-0.05, 0) is 30.5 Å². The lowest BCUT2D eigenvalue weighted by Gasteiger charge is -2.21. The van der Waals surface area contributed by atoms with Crippen molar-refractivity contribution in [1.29, 1.82) is 0 Å². The monoisotopic (exact) mass is 413 g/mol. The highest BCUT2D eigenvalue weighted by Gasteiger charge is 2.39. The van der Waals surface area contributed by atoms with Crippen LogP contribution in [0.4, 0.5) is 18.9 Å². The summed E-state index contributed by atoms with van der Waals surface area (Å²) < 4.78 is 52.7. The highest BCUT2D eigenvalue weighted by molar-refractivity contribution is 7.84. The predicted molar refractivity (Wildman–Crippen MR) is 101 cm³/mol. The van der Waals surface area contributed by atoms with E-state index in [1.807, 2.05) is 6.07 Å². The van der Waals surface area contributed by atoms with E-state index >= 15 is 0 Å². The van der Waals surface area contributed by atoms with E-state index in [1.165, 1.54) is 13.5 Å². The molecule has 1 saturated carbocycles. The van der Waals surface area contributed by atoms with Crippen LogP contribution in [0.25, 0.3) is 0 Å². The summed E-state index contributed by atoms with van der Waals surface area (Å²) in [4.78, 5) is 12.4. The van der Waals surface area contributed by atoms with Gasteiger partial charge in [0.25, 0.3) is 5.91 Å². The van der Waals surface area contributed by atoms with Crippen LogP contribution in [-0.2, 0) is 29.8 Å². The Labute approximate surface area is 163 Å². The number of aryl methyl sites for hydroxylation is 1. The standard InChI is InChI=1S/C19H22F3N3O2S/c1-25-11-16(17(24-25)19(20,21)22)18(26)23-14-7-5-6-13(10-14)12-28(27)15-8-3-2-4-9-15/h5-7,10-11,15H,2-4,8-9,12H2,1H3,(H,23,26). The van der Waals surface area contributed by atoms with Crippen LogP contribution >= 0.6 is 0 Å². The average molecular weight is 413 g/mol. The average Bonchev–Trinajstić information content (AvgIpc) is 3.05. The van der Waals surface area contributed by atoms with Crippen molar-refractivity contribution in [3.8, 4) is 0 Å². The van der Waals surface area contributed by atoms with E-state index in [-0.39, 0.29) is 5.25 Å². The van der Waals surface area contributed by atoms with E-state index in [0.717, 1.165) is 42.1 Å². The number of hydrogen-bond acceptors (Lipinski definition) is 3. The van der Waals surface area contributed by atoms with Crippen LogP contribution in [0.3, 0.4) is 0 Å². The molecule has 1 aliphatic carbocycles. The molecule has 1 aromatic heterocycles. The quantitative estimate of drug-likeness (QED) is 0.796. The lowest BCUT2D eigenvalue weighted by molar-refractivity contribution is -0.141. The minimum absolute atomic E-state index is 0.191. The molecule has 3 rings (SSSR count). The molecule has 152 valence electrons. The minimum atomic E-state index is -4.72. The molecule has 1 aliphatic rings. The van der Waals surface area contributed by atoms with E-state index in [1.54, 1.807) is 18.2 Å². The molecule has 1 aromatic carbocycles. The number of benzene rings is 1. The number of hydrogen-bond donors (Lipinski definition) is 1. The van der Waals surface area contributed by atoms with Crippen molar-refractivity contribution in [2.75, 3.05) is 5.32 Å². The lowest BCUT2D eigenvalue weighted by atomic mass is 10.0. The van der Waals surface area contributed by atoms with Crippen molar-refractivity contribution in [2.24, 2.45) is 7.05 Å². The fraction of sp³-hybridized carbons (Fsp3) is 0.474. The molecule has 0 bridgehead atoms. The molecule has 0 radical (unpaired) electrons. The van der Waals surface area contributed by atoms with Gasteiger partial charge in [-0.2, -0.15) is 18.3 Å². The second-order valence-electron chi connectivity index (χ2n) is 7.00. The molecule has 1 heterocycles. The van der Waals surface area contributed by atoms with Gasteiger partial charge in [0.05, 0.1) is 5.56 Å². The Kier molecular flexibility index (Phi) is 6.22.